The zero-order valence-electron chi connectivity index (χ0n) is 22.3. The van der Waals surface area contributed by atoms with Crippen LogP contribution in [-0.2, 0) is 4.74 Å². The maximum atomic E-state index is 15.3. The molecular weight excluding hydrogens is 497 g/mol. The van der Waals surface area contributed by atoms with E-state index in [9.17, 15) is 5.26 Å². The normalized spacial score (nSPS) is 25.0. The minimum atomic E-state index is -0.387. The molecule has 204 valence electrons. The van der Waals surface area contributed by atoms with Crippen LogP contribution in [0.5, 0.6) is 0 Å². The summed E-state index contributed by atoms with van der Waals surface area (Å²) >= 11 is 0. The first kappa shape index (κ1) is 24.6. The number of aromatic nitrogens is 3. The lowest BCUT2D eigenvalue weighted by molar-refractivity contribution is -0.0331. The smallest absolute Gasteiger partial charge is 0.193 e. The fourth-order valence-corrected chi connectivity index (χ4v) is 6.46. The third kappa shape index (κ3) is 4.46. The topological polar surface area (TPSA) is 88.2 Å². The lowest BCUT2D eigenvalue weighted by Gasteiger charge is -2.56. The molecule has 2 atom stereocenters. The van der Waals surface area contributed by atoms with E-state index >= 15 is 4.39 Å². The fourth-order valence-electron chi connectivity index (χ4n) is 6.46. The number of nitriles is 1. The van der Waals surface area contributed by atoms with Crippen molar-refractivity contribution < 1.29 is 9.13 Å². The van der Waals surface area contributed by atoms with E-state index in [4.69, 9.17) is 9.72 Å². The van der Waals surface area contributed by atoms with Crippen molar-refractivity contribution in [2.75, 3.05) is 80.1 Å². The first-order valence-corrected chi connectivity index (χ1v) is 13.9. The van der Waals surface area contributed by atoms with E-state index in [1.807, 2.05) is 18.0 Å². The molecule has 0 radical (unpaired) electrons. The van der Waals surface area contributed by atoms with Gasteiger partial charge in [-0.2, -0.15) is 5.26 Å². The van der Waals surface area contributed by atoms with Gasteiger partial charge in [-0.15, -0.1) is 5.10 Å². The van der Waals surface area contributed by atoms with E-state index in [1.165, 1.54) is 16.6 Å². The van der Waals surface area contributed by atoms with Crippen LogP contribution in [-0.4, -0.2) is 103 Å². The van der Waals surface area contributed by atoms with E-state index in [0.717, 1.165) is 58.2 Å². The van der Waals surface area contributed by atoms with Gasteiger partial charge in [0.1, 0.15) is 23.1 Å². The number of anilines is 3. The molecule has 4 aliphatic heterocycles. The van der Waals surface area contributed by atoms with Crippen molar-refractivity contribution >= 4 is 22.8 Å². The molecule has 4 fully saturated rings. The molecule has 7 heterocycles. The molecule has 11 heteroatoms. The summed E-state index contributed by atoms with van der Waals surface area (Å²) in [6.45, 7) is 10.9. The highest BCUT2D eigenvalue weighted by Crippen LogP contribution is 2.33. The largest absolute Gasteiger partial charge is 0.370 e. The van der Waals surface area contributed by atoms with Crippen LogP contribution in [0.4, 0.5) is 21.7 Å². The minimum absolute atomic E-state index is 0.0457. The van der Waals surface area contributed by atoms with Crippen LogP contribution in [0, 0.1) is 17.1 Å². The predicted octanol–water partition coefficient (Wildman–Crippen LogP) is 1.71. The van der Waals surface area contributed by atoms with Gasteiger partial charge < -0.3 is 24.8 Å². The Morgan fingerprint density at radius 3 is 2.62 bits per heavy atom. The maximum absolute atomic E-state index is 15.3. The molecule has 3 aromatic rings. The molecule has 7 rings (SSSR count). The number of ether oxygens (including phenoxy) is 1. The fraction of sp³-hybridized carbons (Fsp3) is 0.536. The minimum Gasteiger partial charge on any atom is -0.370 e. The number of piperazine rings is 1. The molecule has 0 amide bonds. The average molecular weight is 532 g/mol. The molecule has 4 saturated heterocycles. The third-order valence-electron chi connectivity index (χ3n) is 8.67. The number of nitrogens with zero attached hydrogens (tertiary/aromatic N) is 8. The molecule has 0 aliphatic carbocycles. The molecule has 0 saturated carbocycles. The third-order valence-corrected chi connectivity index (χ3v) is 8.67. The van der Waals surface area contributed by atoms with Gasteiger partial charge in [-0.25, -0.2) is 13.9 Å². The monoisotopic (exact) mass is 531 g/mol. The zero-order valence-corrected chi connectivity index (χ0v) is 22.3. The maximum Gasteiger partial charge on any atom is 0.193 e. The van der Waals surface area contributed by atoms with Gasteiger partial charge in [0, 0.05) is 58.9 Å². The molecule has 3 aromatic heterocycles. The second-order valence-electron chi connectivity index (χ2n) is 11.4. The summed E-state index contributed by atoms with van der Waals surface area (Å²) in [4.78, 5) is 13.9. The Morgan fingerprint density at radius 2 is 1.92 bits per heavy atom. The van der Waals surface area contributed by atoms with Crippen LogP contribution in [0.25, 0.3) is 5.52 Å². The first-order chi connectivity index (χ1) is 19.0. The summed E-state index contributed by atoms with van der Waals surface area (Å²) in [6.07, 6.45) is 3.19. The standard InChI is InChI=1S/C28H34FN9O/c1-20-15-36(27-26(29)24-4-2-3-21(13-30)38(24)33-27)17-23(39-20)16-34-9-11-35(12-10-34)22-5-6-25(31-14-22)37-18-28(19-37)7-8-32-28/h2-6,14,20,23,32H,7-12,15-19H2,1H3. The molecular formula is C28H34FN9O. The number of hydrogen-bond donors (Lipinski definition) is 1. The predicted molar refractivity (Wildman–Crippen MR) is 147 cm³/mol. The Morgan fingerprint density at radius 1 is 1.10 bits per heavy atom. The van der Waals surface area contributed by atoms with Crippen molar-refractivity contribution in [1.29, 1.82) is 5.26 Å². The van der Waals surface area contributed by atoms with Crippen LogP contribution in [0.15, 0.2) is 36.5 Å². The first-order valence-electron chi connectivity index (χ1n) is 13.9. The van der Waals surface area contributed by atoms with Crippen LogP contribution in [0.3, 0.4) is 0 Å². The van der Waals surface area contributed by atoms with E-state index in [0.29, 0.717) is 29.8 Å². The number of rotatable bonds is 5. The van der Waals surface area contributed by atoms with Crippen molar-refractivity contribution in [2.24, 2.45) is 0 Å². The van der Waals surface area contributed by atoms with Crippen molar-refractivity contribution in [3.8, 4) is 6.07 Å². The van der Waals surface area contributed by atoms with E-state index in [1.54, 1.807) is 18.2 Å². The summed E-state index contributed by atoms with van der Waals surface area (Å²) in [7, 11) is 0. The van der Waals surface area contributed by atoms with Crippen LogP contribution in [0.2, 0.25) is 0 Å². The van der Waals surface area contributed by atoms with E-state index in [-0.39, 0.29) is 23.8 Å². The molecule has 0 bridgehead atoms. The van der Waals surface area contributed by atoms with E-state index < -0.39 is 0 Å². The summed E-state index contributed by atoms with van der Waals surface area (Å²) in [5.74, 6) is 0.966. The highest BCUT2D eigenvalue weighted by atomic mass is 19.1. The molecule has 0 aromatic carbocycles. The second kappa shape index (κ2) is 9.62. The Balaban J connectivity index is 0.950. The van der Waals surface area contributed by atoms with Gasteiger partial charge in [0.05, 0.1) is 29.6 Å². The van der Waals surface area contributed by atoms with Crippen molar-refractivity contribution in [2.45, 2.75) is 31.1 Å². The molecule has 1 N–H and O–H groups in total. The van der Waals surface area contributed by atoms with Gasteiger partial charge in [-0.05, 0) is 44.2 Å². The SMILES string of the molecule is CC1CN(c2nn3c(C#N)cccc3c2F)CC(CN2CCN(c3ccc(N4CC5(CCN5)C4)nc3)CC2)O1. The quantitative estimate of drug-likeness (QED) is 0.529. The lowest BCUT2D eigenvalue weighted by atomic mass is 9.80. The van der Waals surface area contributed by atoms with Gasteiger partial charge in [0.2, 0.25) is 0 Å². The van der Waals surface area contributed by atoms with Gasteiger partial charge in [-0.3, -0.25) is 4.90 Å². The summed E-state index contributed by atoms with van der Waals surface area (Å²) < 4.78 is 23.0. The number of pyridine rings is 2. The summed E-state index contributed by atoms with van der Waals surface area (Å²) in [5.41, 5.74) is 2.17. The van der Waals surface area contributed by atoms with Crippen molar-refractivity contribution in [3.05, 3.63) is 48.0 Å². The van der Waals surface area contributed by atoms with Crippen molar-refractivity contribution in [3.63, 3.8) is 0 Å². The van der Waals surface area contributed by atoms with Gasteiger partial charge >= 0.3 is 0 Å². The van der Waals surface area contributed by atoms with Crippen LogP contribution < -0.4 is 20.0 Å². The van der Waals surface area contributed by atoms with Gasteiger partial charge in [0.25, 0.3) is 0 Å². The zero-order chi connectivity index (χ0) is 26.6. The average Bonchev–Trinajstić information content (AvgIpc) is 3.24. The molecule has 39 heavy (non-hydrogen) atoms. The Hall–Kier alpha value is -3.46. The van der Waals surface area contributed by atoms with Crippen LogP contribution in [0.1, 0.15) is 19.0 Å². The number of halogens is 1. The summed E-state index contributed by atoms with van der Waals surface area (Å²) in [5, 5.41) is 17.4. The molecule has 4 aliphatic rings. The Bertz CT molecular complexity index is 1380. The molecule has 2 unspecified atom stereocenters. The molecule has 1 spiro atoms. The second-order valence-corrected chi connectivity index (χ2v) is 11.4. The lowest BCUT2D eigenvalue weighted by Crippen LogP contribution is -2.76. The summed E-state index contributed by atoms with van der Waals surface area (Å²) in [6, 6.07) is 11.4. The number of hydrogen-bond acceptors (Lipinski definition) is 9. The molecule has 10 nitrogen and oxygen atoms in total. The highest BCUT2D eigenvalue weighted by Gasteiger charge is 2.47. The van der Waals surface area contributed by atoms with E-state index in [2.05, 4.69) is 43.3 Å². The Kier molecular flexibility index (Phi) is 6.06. The van der Waals surface area contributed by atoms with Gasteiger partial charge in [0.15, 0.2) is 11.6 Å². The number of morpholine rings is 1. The highest BCUT2D eigenvalue weighted by molar-refractivity contribution is 5.60. The van der Waals surface area contributed by atoms with Crippen LogP contribution >= 0.6 is 0 Å². The Labute approximate surface area is 227 Å². The number of fused-ring (bicyclic) bond motifs is 1. The van der Waals surface area contributed by atoms with Crippen molar-refractivity contribution in [1.82, 2.24) is 24.8 Å². The number of nitrogens with one attached hydrogen (secondary N) is 1. The van der Waals surface area contributed by atoms with Gasteiger partial charge in [-0.1, -0.05) is 6.07 Å².